The second-order valence-corrected chi connectivity index (χ2v) is 4.20. The molecule has 0 heterocycles. The quantitative estimate of drug-likeness (QED) is 0.494. The fraction of sp³-hybridized carbons (Fsp3) is 0.286. The van der Waals surface area contributed by atoms with Crippen LogP contribution in [-0.2, 0) is 9.59 Å². The average molecular weight is 304 g/mol. The van der Waals surface area contributed by atoms with Crippen LogP contribution in [-0.4, -0.2) is 23.4 Å². The van der Waals surface area contributed by atoms with Crippen LogP contribution >= 0.6 is 0 Å². The Hall–Kier alpha value is -2.90. The molecular formula is C14H16N4O4-2. The molecule has 2 N–H and O–H groups in total. The highest BCUT2D eigenvalue weighted by Crippen LogP contribution is 2.15. The van der Waals surface area contributed by atoms with Crippen molar-refractivity contribution < 1.29 is 19.8 Å². The molecule has 0 aliphatic carbocycles. The van der Waals surface area contributed by atoms with Gasteiger partial charge < -0.3 is 19.8 Å². The van der Waals surface area contributed by atoms with Gasteiger partial charge in [-0.25, -0.2) is 0 Å². The Balaban J connectivity index is 2.82. The standard InChI is InChI=1S/C14H18N4O4/c1-3-11(13(19)20)17-15-9-6-5-7-10(8-9)16-18-12(4-2)14(21)22/h5-8,15-16H,3-4H2,1-2H3,(H,19,20)(H,21,22)/p-2/b17-11-,18-12-. The van der Waals surface area contributed by atoms with Gasteiger partial charge in [0.2, 0.25) is 0 Å². The van der Waals surface area contributed by atoms with Gasteiger partial charge >= 0.3 is 0 Å². The minimum absolute atomic E-state index is 0.110. The van der Waals surface area contributed by atoms with E-state index in [0.29, 0.717) is 11.4 Å². The first-order valence-electron chi connectivity index (χ1n) is 6.65. The SMILES string of the molecule is CC/C(=N/Nc1cccc(N/N=C(/CC)C(=O)[O-])c1)C(=O)[O-]. The van der Waals surface area contributed by atoms with Crippen LogP contribution in [0.4, 0.5) is 11.4 Å². The minimum Gasteiger partial charge on any atom is -0.543 e. The Morgan fingerprint density at radius 3 is 1.68 bits per heavy atom. The number of hydrazone groups is 2. The number of aliphatic carboxylic acids is 2. The summed E-state index contributed by atoms with van der Waals surface area (Å²) in [4.78, 5) is 21.4. The third-order valence-electron chi connectivity index (χ3n) is 2.64. The number of carboxylic acid groups (broad SMARTS) is 2. The molecule has 1 rings (SSSR count). The van der Waals surface area contributed by atoms with E-state index in [4.69, 9.17) is 0 Å². The highest BCUT2D eigenvalue weighted by atomic mass is 16.4. The Bertz CT molecular complexity index is 561. The smallest absolute Gasteiger partial charge is 0.0876 e. The van der Waals surface area contributed by atoms with E-state index in [0.717, 1.165) is 0 Å². The van der Waals surface area contributed by atoms with Crippen molar-refractivity contribution >= 4 is 34.7 Å². The third kappa shape index (κ3) is 5.23. The number of nitrogens with zero attached hydrogens (tertiary/aromatic N) is 2. The number of carbonyl (C=O) groups excluding carboxylic acids is 2. The highest BCUT2D eigenvalue weighted by Gasteiger charge is 1.99. The summed E-state index contributed by atoms with van der Waals surface area (Å²) in [7, 11) is 0. The number of anilines is 2. The summed E-state index contributed by atoms with van der Waals surface area (Å²) in [6.45, 7) is 3.30. The molecule has 0 bridgehead atoms. The number of rotatable bonds is 8. The summed E-state index contributed by atoms with van der Waals surface area (Å²) in [5, 5.41) is 28.9. The number of carboxylic acids is 2. The van der Waals surface area contributed by atoms with Gasteiger partial charge in [0.25, 0.3) is 0 Å². The summed E-state index contributed by atoms with van der Waals surface area (Å²) in [5.41, 5.74) is 5.99. The van der Waals surface area contributed by atoms with E-state index in [1.807, 2.05) is 0 Å². The molecule has 0 saturated carbocycles. The molecule has 0 spiro atoms. The zero-order valence-electron chi connectivity index (χ0n) is 12.3. The minimum atomic E-state index is -1.34. The van der Waals surface area contributed by atoms with Crippen molar-refractivity contribution in [1.82, 2.24) is 0 Å². The molecule has 0 aliphatic rings. The lowest BCUT2D eigenvalue weighted by Crippen LogP contribution is -2.31. The molecule has 0 aromatic heterocycles. The molecule has 118 valence electrons. The van der Waals surface area contributed by atoms with Crippen LogP contribution in [0.15, 0.2) is 34.5 Å². The molecule has 0 radical (unpaired) electrons. The monoisotopic (exact) mass is 304 g/mol. The van der Waals surface area contributed by atoms with Gasteiger partial charge in [0, 0.05) is 0 Å². The summed E-state index contributed by atoms with van der Waals surface area (Å²) < 4.78 is 0. The van der Waals surface area contributed by atoms with E-state index in [-0.39, 0.29) is 24.3 Å². The maximum atomic E-state index is 10.7. The molecule has 0 fully saturated rings. The van der Waals surface area contributed by atoms with Gasteiger partial charge in [0.15, 0.2) is 0 Å². The van der Waals surface area contributed by atoms with E-state index < -0.39 is 11.9 Å². The number of hydrogen-bond acceptors (Lipinski definition) is 8. The van der Waals surface area contributed by atoms with E-state index >= 15 is 0 Å². The van der Waals surface area contributed by atoms with Crippen molar-refractivity contribution in [3.63, 3.8) is 0 Å². The highest BCUT2D eigenvalue weighted by molar-refractivity contribution is 6.35. The lowest BCUT2D eigenvalue weighted by atomic mass is 10.3. The number of carbonyl (C=O) groups is 2. The molecule has 1 aromatic carbocycles. The third-order valence-corrected chi connectivity index (χ3v) is 2.64. The molecule has 0 atom stereocenters. The van der Waals surface area contributed by atoms with Crippen molar-refractivity contribution in [2.24, 2.45) is 10.2 Å². The zero-order valence-corrected chi connectivity index (χ0v) is 12.3. The summed E-state index contributed by atoms with van der Waals surface area (Å²) >= 11 is 0. The first-order chi connectivity index (χ1) is 10.5. The predicted molar refractivity (Wildman–Crippen MR) is 79.2 cm³/mol. The maximum absolute atomic E-state index is 10.7. The molecular weight excluding hydrogens is 288 g/mol. The van der Waals surface area contributed by atoms with Gasteiger partial charge in [0.05, 0.1) is 34.7 Å². The van der Waals surface area contributed by atoms with Crippen LogP contribution in [0.1, 0.15) is 26.7 Å². The second-order valence-electron chi connectivity index (χ2n) is 4.20. The van der Waals surface area contributed by atoms with Crippen LogP contribution in [0.25, 0.3) is 0 Å². The van der Waals surface area contributed by atoms with Crippen molar-refractivity contribution in [2.75, 3.05) is 10.9 Å². The Morgan fingerprint density at radius 1 is 0.955 bits per heavy atom. The lowest BCUT2D eigenvalue weighted by Gasteiger charge is -2.09. The number of nitrogens with one attached hydrogen (secondary N) is 2. The largest absolute Gasteiger partial charge is 0.543 e. The Kier molecular flexibility index (Phi) is 6.55. The molecule has 22 heavy (non-hydrogen) atoms. The van der Waals surface area contributed by atoms with Crippen molar-refractivity contribution in [3.8, 4) is 0 Å². The molecule has 8 nitrogen and oxygen atoms in total. The zero-order chi connectivity index (χ0) is 16.5. The topological polar surface area (TPSA) is 129 Å². The Morgan fingerprint density at radius 2 is 1.36 bits per heavy atom. The van der Waals surface area contributed by atoms with Crippen LogP contribution in [0.3, 0.4) is 0 Å². The Labute approximate surface area is 127 Å². The van der Waals surface area contributed by atoms with Gasteiger partial charge in [-0.15, -0.1) is 0 Å². The van der Waals surface area contributed by atoms with Gasteiger partial charge in [0.1, 0.15) is 0 Å². The summed E-state index contributed by atoms with van der Waals surface area (Å²) in [6, 6.07) is 6.60. The molecule has 0 amide bonds. The molecule has 0 unspecified atom stereocenters. The first kappa shape index (κ1) is 17.2. The summed E-state index contributed by atoms with van der Waals surface area (Å²) in [6.07, 6.45) is 0.450. The van der Waals surface area contributed by atoms with E-state index in [1.165, 1.54) is 0 Å². The van der Waals surface area contributed by atoms with Crippen molar-refractivity contribution in [3.05, 3.63) is 24.3 Å². The molecule has 8 heteroatoms. The molecule has 0 saturated heterocycles. The van der Waals surface area contributed by atoms with Gasteiger partial charge in [-0.2, -0.15) is 10.2 Å². The van der Waals surface area contributed by atoms with Crippen LogP contribution in [0, 0.1) is 0 Å². The normalized spacial score (nSPS) is 11.9. The average Bonchev–Trinajstić information content (AvgIpc) is 2.48. The van der Waals surface area contributed by atoms with Crippen LogP contribution in [0.5, 0.6) is 0 Å². The van der Waals surface area contributed by atoms with Gasteiger partial charge in [-0.1, -0.05) is 19.9 Å². The van der Waals surface area contributed by atoms with E-state index in [2.05, 4.69) is 21.1 Å². The fourth-order valence-electron chi connectivity index (χ4n) is 1.46. The van der Waals surface area contributed by atoms with Crippen molar-refractivity contribution in [2.45, 2.75) is 26.7 Å². The van der Waals surface area contributed by atoms with Crippen LogP contribution < -0.4 is 21.1 Å². The molecule has 1 aromatic rings. The van der Waals surface area contributed by atoms with Gasteiger partial charge in [-0.05, 0) is 31.0 Å². The molecule has 0 aliphatic heterocycles. The fourth-order valence-corrected chi connectivity index (χ4v) is 1.46. The lowest BCUT2D eigenvalue weighted by molar-refractivity contribution is -0.295. The second kappa shape index (κ2) is 8.40. The van der Waals surface area contributed by atoms with E-state index in [1.54, 1.807) is 38.1 Å². The van der Waals surface area contributed by atoms with E-state index in [9.17, 15) is 19.8 Å². The summed E-state index contributed by atoms with van der Waals surface area (Å²) in [5.74, 6) is -2.68. The number of benzene rings is 1. The predicted octanol–water partition coefficient (Wildman–Crippen LogP) is -0.458. The van der Waals surface area contributed by atoms with Gasteiger partial charge in [-0.3, -0.25) is 10.9 Å². The van der Waals surface area contributed by atoms with Crippen molar-refractivity contribution in [1.29, 1.82) is 0 Å². The van der Waals surface area contributed by atoms with Crippen LogP contribution in [0.2, 0.25) is 0 Å². The maximum Gasteiger partial charge on any atom is 0.0876 e. The first-order valence-corrected chi connectivity index (χ1v) is 6.65. The number of hydrogen-bond donors (Lipinski definition) is 2.